The van der Waals surface area contributed by atoms with E-state index in [-0.39, 0.29) is 12.3 Å². The normalized spacial score (nSPS) is 21.4. The number of rotatable bonds is 5. The molecule has 3 aliphatic heterocycles. The number of benzene rings is 1. The third-order valence-electron chi connectivity index (χ3n) is 5.17. The van der Waals surface area contributed by atoms with Crippen molar-refractivity contribution >= 4 is 11.7 Å². The molecule has 28 heavy (non-hydrogen) atoms. The number of hydrogen-bond acceptors (Lipinski definition) is 6. The van der Waals surface area contributed by atoms with Gasteiger partial charge in [0.2, 0.25) is 0 Å². The van der Waals surface area contributed by atoms with E-state index in [2.05, 4.69) is 10.6 Å². The van der Waals surface area contributed by atoms with E-state index < -0.39 is 11.7 Å². The Balaban J connectivity index is 1.38. The molecule has 1 atom stereocenters. The minimum Gasteiger partial charge on any atom is -0.496 e. The standard InChI is InChI=1S/C21H23N3O4/c1-27-17-7-10-22-20-18(17)16(13-23-20)19(25)21(26)24-11-8-15(9-12-24)28-14-5-3-2-4-6-14/h2-7,10,13,15,20,22-23H,8-9,11-12H2,1H3. The summed E-state index contributed by atoms with van der Waals surface area (Å²) in [6, 6.07) is 9.65. The highest BCUT2D eigenvalue weighted by Crippen LogP contribution is 2.28. The molecule has 2 N–H and O–H groups in total. The summed E-state index contributed by atoms with van der Waals surface area (Å²) in [5.74, 6) is 0.410. The number of methoxy groups -OCH3 is 1. The SMILES string of the molecule is COC1=C2C(C(=O)C(=O)N3CCC(Oc4ccccc4)CC3)=CNC2NC=C1. The van der Waals surface area contributed by atoms with Crippen LogP contribution in [0.15, 0.2) is 65.7 Å². The van der Waals surface area contributed by atoms with E-state index in [0.29, 0.717) is 42.8 Å². The van der Waals surface area contributed by atoms with E-state index in [9.17, 15) is 9.59 Å². The fraction of sp³-hybridized carbons (Fsp3) is 0.333. The molecular formula is C21H23N3O4. The summed E-state index contributed by atoms with van der Waals surface area (Å²) in [5, 5.41) is 6.17. The second-order valence-electron chi connectivity index (χ2n) is 6.89. The second kappa shape index (κ2) is 7.80. The van der Waals surface area contributed by atoms with Crippen LogP contribution in [0.2, 0.25) is 0 Å². The highest BCUT2D eigenvalue weighted by molar-refractivity contribution is 6.43. The summed E-state index contributed by atoms with van der Waals surface area (Å²) >= 11 is 0. The molecule has 1 fully saturated rings. The van der Waals surface area contributed by atoms with Crippen molar-refractivity contribution in [2.45, 2.75) is 25.1 Å². The number of fused-ring (bicyclic) bond motifs is 1. The number of piperidine rings is 1. The largest absolute Gasteiger partial charge is 0.496 e. The number of amides is 1. The first-order valence-corrected chi connectivity index (χ1v) is 9.40. The number of hydrogen-bond donors (Lipinski definition) is 2. The average molecular weight is 381 g/mol. The van der Waals surface area contributed by atoms with Gasteiger partial charge in [-0.25, -0.2) is 0 Å². The van der Waals surface area contributed by atoms with Gasteiger partial charge in [0.1, 0.15) is 23.8 Å². The summed E-state index contributed by atoms with van der Waals surface area (Å²) in [6.07, 6.45) is 6.28. The first-order valence-electron chi connectivity index (χ1n) is 9.40. The Morgan fingerprint density at radius 3 is 2.57 bits per heavy atom. The van der Waals surface area contributed by atoms with Gasteiger partial charge < -0.3 is 25.0 Å². The Bertz CT molecular complexity index is 852. The molecule has 1 aromatic carbocycles. The molecule has 0 saturated carbocycles. The number of nitrogens with one attached hydrogen (secondary N) is 2. The third kappa shape index (κ3) is 3.47. The van der Waals surface area contributed by atoms with Crippen molar-refractivity contribution in [3.05, 3.63) is 65.7 Å². The fourth-order valence-corrected chi connectivity index (χ4v) is 3.69. The quantitative estimate of drug-likeness (QED) is 0.752. The van der Waals surface area contributed by atoms with Crippen LogP contribution in [0.4, 0.5) is 0 Å². The van der Waals surface area contributed by atoms with Crippen LogP contribution >= 0.6 is 0 Å². The number of dihydropyridines is 1. The van der Waals surface area contributed by atoms with E-state index in [0.717, 1.165) is 5.75 Å². The van der Waals surface area contributed by atoms with Gasteiger partial charge in [-0.2, -0.15) is 0 Å². The molecule has 0 radical (unpaired) electrons. The minimum atomic E-state index is -0.515. The topological polar surface area (TPSA) is 79.9 Å². The van der Waals surface area contributed by atoms with Crippen molar-refractivity contribution in [2.24, 2.45) is 0 Å². The van der Waals surface area contributed by atoms with Crippen molar-refractivity contribution in [2.75, 3.05) is 20.2 Å². The predicted molar refractivity (Wildman–Crippen MR) is 103 cm³/mol. The second-order valence-corrected chi connectivity index (χ2v) is 6.89. The van der Waals surface area contributed by atoms with Crippen LogP contribution in [0.1, 0.15) is 12.8 Å². The molecule has 4 rings (SSSR count). The number of Topliss-reactive ketones (excluding diaryl/α,β-unsaturated/α-hetero) is 1. The van der Waals surface area contributed by atoms with Crippen LogP contribution in [0.5, 0.6) is 5.75 Å². The van der Waals surface area contributed by atoms with Crippen LogP contribution in [0.25, 0.3) is 0 Å². The van der Waals surface area contributed by atoms with Crippen molar-refractivity contribution in [3.8, 4) is 5.75 Å². The molecule has 146 valence electrons. The van der Waals surface area contributed by atoms with Gasteiger partial charge in [0.05, 0.1) is 12.7 Å². The smallest absolute Gasteiger partial charge is 0.295 e. The number of nitrogens with zero attached hydrogens (tertiary/aromatic N) is 1. The van der Waals surface area contributed by atoms with Gasteiger partial charge >= 0.3 is 0 Å². The highest BCUT2D eigenvalue weighted by atomic mass is 16.5. The minimum absolute atomic E-state index is 0.0498. The average Bonchev–Trinajstić information content (AvgIpc) is 3.18. The Kier molecular flexibility index (Phi) is 5.06. The maximum atomic E-state index is 12.9. The van der Waals surface area contributed by atoms with Gasteiger partial charge in [-0.3, -0.25) is 9.59 Å². The van der Waals surface area contributed by atoms with Gasteiger partial charge in [-0.1, -0.05) is 18.2 Å². The molecule has 3 aliphatic rings. The first kappa shape index (κ1) is 18.2. The predicted octanol–water partition coefficient (Wildman–Crippen LogP) is 1.46. The first-order chi connectivity index (χ1) is 13.7. The number of allylic oxidation sites excluding steroid dienone is 1. The number of ether oxygens (including phenoxy) is 2. The lowest BCUT2D eigenvalue weighted by molar-refractivity contribution is -0.143. The maximum Gasteiger partial charge on any atom is 0.295 e. The van der Waals surface area contributed by atoms with Crippen LogP contribution < -0.4 is 15.4 Å². The van der Waals surface area contributed by atoms with E-state index in [1.165, 1.54) is 0 Å². The highest BCUT2D eigenvalue weighted by Gasteiger charge is 2.37. The van der Waals surface area contributed by atoms with Crippen LogP contribution in [-0.4, -0.2) is 49.1 Å². The molecule has 1 aromatic rings. The summed E-state index contributed by atoms with van der Waals surface area (Å²) in [7, 11) is 1.55. The van der Waals surface area contributed by atoms with Crippen molar-refractivity contribution < 1.29 is 19.1 Å². The zero-order valence-electron chi connectivity index (χ0n) is 15.7. The van der Waals surface area contributed by atoms with Crippen molar-refractivity contribution in [3.63, 3.8) is 0 Å². The molecule has 7 nitrogen and oxygen atoms in total. The molecule has 7 heteroatoms. The van der Waals surface area contributed by atoms with Crippen molar-refractivity contribution in [1.82, 2.24) is 15.5 Å². The molecule has 0 aromatic heterocycles. The summed E-state index contributed by atoms with van der Waals surface area (Å²) in [4.78, 5) is 27.3. The maximum absolute atomic E-state index is 12.9. The summed E-state index contributed by atoms with van der Waals surface area (Å²) < 4.78 is 11.3. The van der Waals surface area contributed by atoms with Crippen LogP contribution in [-0.2, 0) is 14.3 Å². The Morgan fingerprint density at radius 2 is 1.86 bits per heavy atom. The number of carbonyl (C=O) groups is 2. The lowest BCUT2D eigenvalue weighted by Gasteiger charge is -2.32. The molecular weight excluding hydrogens is 358 g/mol. The summed E-state index contributed by atoms with van der Waals surface area (Å²) in [6.45, 7) is 1.00. The van der Waals surface area contributed by atoms with Gasteiger partial charge in [-0.15, -0.1) is 0 Å². The van der Waals surface area contributed by atoms with Gasteiger partial charge in [-0.05, 0) is 18.2 Å². The Hall–Kier alpha value is -3.22. The zero-order chi connectivity index (χ0) is 19.5. The van der Waals surface area contributed by atoms with Crippen LogP contribution in [0, 0.1) is 0 Å². The molecule has 3 heterocycles. The molecule has 1 unspecified atom stereocenters. The van der Waals surface area contributed by atoms with E-state index in [1.807, 2.05) is 30.3 Å². The van der Waals surface area contributed by atoms with Crippen molar-refractivity contribution in [1.29, 1.82) is 0 Å². The van der Waals surface area contributed by atoms with E-state index in [1.54, 1.807) is 30.5 Å². The molecule has 1 amide bonds. The van der Waals surface area contributed by atoms with Gasteiger partial charge in [0.25, 0.3) is 11.7 Å². The molecule has 0 bridgehead atoms. The molecule has 1 saturated heterocycles. The third-order valence-corrected chi connectivity index (χ3v) is 5.17. The van der Waals surface area contributed by atoms with E-state index in [4.69, 9.17) is 9.47 Å². The number of carbonyl (C=O) groups excluding carboxylic acids is 2. The summed E-state index contributed by atoms with van der Waals surface area (Å²) in [5.41, 5.74) is 1.03. The zero-order valence-corrected chi connectivity index (χ0v) is 15.7. The lowest BCUT2D eigenvalue weighted by Crippen LogP contribution is -2.45. The Morgan fingerprint density at radius 1 is 1.11 bits per heavy atom. The van der Waals surface area contributed by atoms with E-state index >= 15 is 0 Å². The van der Waals surface area contributed by atoms with Gasteiger partial charge in [0.15, 0.2) is 0 Å². The van der Waals surface area contributed by atoms with Gasteiger partial charge in [0, 0.05) is 43.9 Å². The molecule has 0 aliphatic carbocycles. The molecule has 0 spiro atoms. The fourth-order valence-electron chi connectivity index (χ4n) is 3.69. The van der Waals surface area contributed by atoms with Crippen LogP contribution in [0.3, 0.4) is 0 Å². The number of likely N-dealkylation sites (tertiary alicyclic amines) is 1. The number of ketones is 1. The monoisotopic (exact) mass is 381 g/mol. The Labute approximate surface area is 163 Å². The lowest BCUT2D eigenvalue weighted by atomic mass is 9.98. The number of para-hydroxylation sites is 1.